The average Bonchev–Trinajstić information content (AvgIpc) is 3.15. The zero-order valence-corrected chi connectivity index (χ0v) is 21.6. The third-order valence-corrected chi connectivity index (χ3v) is 6.74. The fourth-order valence-corrected chi connectivity index (χ4v) is 5.26. The number of hydrogen-bond acceptors (Lipinski definition) is 0. The Morgan fingerprint density at radius 2 is 1.26 bits per heavy atom. The van der Waals surface area contributed by atoms with Gasteiger partial charge in [-0.15, -0.1) is 0 Å². The van der Waals surface area contributed by atoms with E-state index in [-0.39, 0.29) is 0 Å². The standard InChI is InChI=1S/C32H39N2/c1-6-8-20-33-30(27-16-12-10-13-17-27)31(28-18-14-11-15-19-28)34(21-9-7-2)32(33)29-25(4)22-24(3)23-26(29)5/h10-19,22-23H,6-9,20-21H2,1-5H3/q+1. The Balaban J connectivity index is 2.16. The van der Waals surface area contributed by atoms with Crippen molar-refractivity contribution in [3.8, 4) is 33.9 Å². The number of benzene rings is 3. The first-order valence-corrected chi connectivity index (χ1v) is 12.9. The molecule has 34 heavy (non-hydrogen) atoms. The Hall–Kier alpha value is -3.13. The summed E-state index contributed by atoms with van der Waals surface area (Å²) in [5.74, 6) is 1.36. The second kappa shape index (κ2) is 10.9. The predicted octanol–water partition coefficient (Wildman–Crippen LogP) is 8.30. The Labute approximate surface area is 205 Å². The molecule has 0 unspecified atom stereocenters. The van der Waals surface area contributed by atoms with Crippen LogP contribution in [0.15, 0.2) is 72.8 Å². The van der Waals surface area contributed by atoms with Crippen LogP contribution in [0.3, 0.4) is 0 Å². The number of nitrogens with zero attached hydrogens (tertiary/aromatic N) is 2. The summed E-state index contributed by atoms with van der Waals surface area (Å²) in [4.78, 5) is 0. The van der Waals surface area contributed by atoms with Crippen LogP contribution < -0.4 is 4.57 Å². The largest absolute Gasteiger partial charge is 0.290 e. The van der Waals surface area contributed by atoms with Gasteiger partial charge in [0.1, 0.15) is 0 Å². The molecule has 0 amide bonds. The number of aryl methyl sites for hydroxylation is 3. The van der Waals surface area contributed by atoms with Gasteiger partial charge in [0.15, 0.2) is 11.4 Å². The maximum atomic E-state index is 2.63. The molecular weight excluding hydrogens is 412 g/mol. The first-order valence-electron chi connectivity index (χ1n) is 12.9. The Kier molecular flexibility index (Phi) is 7.67. The zero-order valence-electron chi connectivity index (χ0n) is 21.6. The molecule has 0 saturated carbocycles. The van der Waals surface area contributed by atoms with E-state index in [1.165, 1.54) is 63.4 Å². The molecule has 0 radical (unpaired) electrons. The van der Waals surface area contributed by atoms with Crippen LogP contribution in [0.5, 0.6) is 0 Å². The molecule has 0 aliphatic heterocycles. The van der Waals surface area contributed by atoms with Crippen molar-refractivity contribution in [1.29, 1.82) is 0 Å². The van der Waals surface area contributed by atoms with E-state index in [1.807, 2.05) is 0 Å². The summed E-state index contributed by atoms with van der Waals surface area (Å²) in [6.45, 7) is 13.4. The maximum absolute atomic E-state index is 2.63. The van der Waals surface area contributed by atoms with Crippen LogP contribution in [0.4, 0.5) is 0 Å². The molecule has 2 heteroatoms. The summed E-state index contributed by atoms with van der Waals surface area (Å²) in [6, 6.07) is 26.7. The van der Waals surface area contributed by atoms with Crippen molar-refractivity contribution in [3.05, 3.63) is 89.5 Å². The van der Waals surface area contributed by atoms with Crippen LogP contribution in [0, 0.1) is 20.8 Å². The second-order valence-electron chi connectivity index (χ2n) is 9.54. The van der Waals surface area contributed by atoms with E-state index in [1.54, 1.807) is 0 Å². The van der Waals surface area contributed by atoms with Crippen molar-refractivity contribution in [2.45, 2.75) is 73.4 Å². The van der Waals surface area contributed by atoms with Gasteiger partial charge in [-0.3, -0.25) is 0 Å². The Bertz CT molecular complexity index is 1140. The highest BCUT2D eigenvalue weighted by Gasteiger charge is 2.34. The van der Waals surface area contributed by atoms with Gasteiger partial charge in [-0.2, -0.15) is 0 Å². The molecule has 3 aromatic carbocycles. The number of aromatic nitrogens is 2. The van der Waals surface area contributed by atoms with E-state index in [0.717, 1.165) is 25.9 Å². The molecule has 0 aliphatic carbocycles. The normalized spacial score (nSPS) is 11.2. The lowest BCUT2D eigenvalue weighted by Gasteiger charge is -2.13. The van der Waals surface area contributed by atoms with Crippen molar-refractivity contribution in [3.63, 3.8) is 0 Å². The first kappa shape index (κ1) is 24.0. The van der Waals surface area contributed by atoms with Crippen molar-refractivity contribution in [2.24, 2.45) is 0 Å². The van der Waals surface area contributed by atoms with Crippen molar-refractivity contribution >= 4 is 0 Å². The van der Waals surface area contributed by atoms with E-state index >= 15 is 0 Å². The van der Waals surface area contributed by atoms with Gasteiger partial charge in [0, 0.05) is 11.1 Å². The predicted molar refractivity (Wildman–Crippen MR) is 145 cm³/mol. The molecular formula is C32H39N2+. The minimum atomic E-state index is 1.02. The van der Waals surface area contributed by atoms with Gasteiger partial charge >= 0.3 is 0 Å². The molecule has 0 N–H and O–H groups in total. The van der Waals surface area contributed by atoms with E-state index < -0.39 is 0 Å². The summed E-state index contributed by atoms with van der Waals surface area (Å²) in [6.07, 6.45) is 4.67. The van der Waals surface area contributed by atoms with Crippen LogP contribution in [-0.4, -0.2) is 4.57 Å². The van der Waals surface area contributed by atoms with Crippen LogP contribution in [0.1, 0.15) is 56.2 Å². The van der Waals surface area contributed by atoms with Gasteiger partial charge < -0.3 is 0 Å². The van der Waals surface area contributed by atoms with Crippen LogP contribution in [0.25, 0.3) is 33.9 Å². The summed E-state index contributed by atoms with van der Waals surface area (Å²) >= 11 is 0. The van der Waals surface area contributed by atoms with E-state index in [9.17, 15) is 0 Å². The molecule has 0 spiro atoms. The maximum Gasteiger partial charge on any atom is 0.290 e. The van der Waals surface area contributed by atoms with Gasteiger partial charge in [0.25, 0.3) is 5.82 Å². The topological polar surface area (TPSA) is 8.81 Å². The van der Waals surface area contributed by atoms with Gasteiger partial charge in [0.2, 0.25) is 0 Å². The SMILES string of the molecule is CCCCn1c(-c2ccccc2)c(-c2ccccc2)[n+](CCCC)c1-c1c(C)cc(C)cc1C. The summed E-state index contributed by atoms with van der Waals surface area (Å²) < 4.78 is 5.25. The van der Waals surface area contributed by atoms with Crippen LogP contribution >= 0.6 is 0 Å². The smallest absolute Gasteiger partial charge is 0.222 e. The molecule has 4 rings (SSSR count). The summed E-state index contributed by atoms with van der Waals surface area (Å²) in [5, 5.41) is 0. The second-order valence-corrected chi connectivity index (χ2v) is 9.54. The fourth-order valence-electron chi connectivity index (χ4n) is 5.26. The van der Waals surface area contributed by atoms with Crippen molar-refractivity contribution in [1.82, 2.24) is 4.57 Å². The Morgan fingerprint density at radius 3 is 1.82 bits per heavy atom. The highest BCUT2D eigenvalue weighted by atomic mass is 15.2. The molecule has 2 nitrogen and oxygen atoms in total. The number of unbranched alkanes of at least 4 members (excludes halogenated alkanes) is 2. The number of imidazole rings is 1. The fraction of sp³-hybridized carbons (Fsp3) is 0.344. The molecule has 0 fully saturated rings. The highest BCUT2D eigenvalue weighted by Crippen LogP contribution is 2.37. The zero-order chi connectivity index (χ0) is 24.1. The van der Waals surface area contributed by atoms with Crippen molar-refractivity contribution in [2.75, 3.05) is 0 Å². The summed E-state index contributed by atoms with van der Waals surface area (Å²) in [7, 11) is 0. The average molecular weight is 452 g/mol. The van der Waals surface area contributed by atoms with Crippen LogP contribution in [-0.2, 0) is 13.1 Å². The third-order valence-electron chi connectivity index (χ3n) is 6.74. The van der Waals surface area contributed by atoms with E-state index in [0.29, 0.717) is 0 Å². The lowest BCUT2D eigenvalue weighted by Crippen LogP contribution is -2.38. The van der Waals surface area contributed by atoms with E-state index in [4.69, 9.17) is 0 Å². The van der Waals surface area contributed by atoms with Gasteiger partial charge in [-0.1, -0.05) is 105 Å². The van der Waals surface area contributed by atoms with Gasteiger partial charge in [-0.25, -0.2) is 9.13 Å². The molecule has 1 aromatic heterocycles. The number of hydrogen-bond donors (Lipinski definition) is 0. The monoisotopic (exact) mass is 451 g/mol. The van der Waals surface area contributed by atoms with Crippen LogP contribution in [0.2, 0.25) is 0 Å². The van der Waals surface area contributed by atoms with Crippen molar-refractivity contribution < 1.29 is 4.57 Å². The minimum Gasteiger partial charge on any atom is -0.222 e. The molecule has 0 saturated heterocycles. The lowest BCUT2D eigenvalue weighted by atomic mass is 9.98. The molecule has 1 heterocycles. The van der Waals surface area contributed by atoms with Gasteiger partial charge in [-0.05, 0) is 44.7 Å². The summed E-state index contributed by atoms with van der Waals surface area (Å²) in [5.41, 5.74) is 10.7. The quantitative estimate of drug-likeness (QED) is 0.226. The minimum absolute atomic E-state index is 1.02. The Morgan fingerprint density at radius 1 is 0.706 bits per heavy atom. The highest BCUT2D eigenvalue weighted by molar-refractivity contribution is 5.80. The first-order chi connectivity index (χ1) is 16.6. The molecule has 0 atom stereocenters. The third kappa shape index (κ3) is 4.73. The lowest BCUT2D eigenvalue weighted by molar-refractivity contribution is -0.675. The van der Waals surface area contributed by atoms with Gasteiger partial charge in [0.05, 0.1) is 18.7 Å². The number of rotatable bonds is 9. The molecule has 0 aliphatic rings. The van der Waals surface area contributed by atoms with E-state index in [2.05, 4.69) is 117 Å². The molecule has 0 bridgehead atoms. The molecule has 4 aromatic rings. The molecule has 176 valence electrons.